The number of rotatable bonds is 3. The summed E-state index contributed by atoms with van der Waals surface area (Å²) in [4.78, 5) is 12.2. The molecule has 1 saturated heterocycles. The number of hydrogen-bond donors (Lipinski definition) is 1. The standard InChI is InChI=1S/C24H32O5/c1-15-9-8-10-19(20(15)21(25)27-7)11-12-24(26)16(2)13-23(14-22(24,5)6)28-17(3)18(4)29-23/h8-13,17-18,26H,14H2,1-7H3. The van der Waals surface area contributed by atoms with Crippen LogP contribution < -0.4 is 0 Å². The van der Waals surface area contributed by atoms with Crippen molar-refractivity contribution < 1.29 is 24.1 Å². The lowest BCUT2D eigenvalue weighted by molar-refractivity contribution is -0.183. The highest BCUT2D eigenvalue weighted by Crippen LogP contribution is 2.52. The smallest absolute Gasteiger partial charge is 0.338 e. The molecule has 1 aromatic carbocycles. The maximum atomic E-state index is 12.2. The summed E-state index contributed by atoms with van der Waals surface area (Å²) in [5.74, 6) is -1.20. The first kappa shape index (κ1) is 21.8. The van der Waals surface area contributed by atoms with Crippen molar-refractivity contribution in [2.24, 2.45) is 5.41 Å². The van der Waals surface area contributed by atoms with Crippen molar-refractivity contribution >= 4 is 12.0 Å². The summed E-state index contributed by atoms with van der Waals surface area (Å²) in [5.41, 5.74) is 1.05. The highest BCUT2D eigenvalue weighted by molar-refractivity contribution is 5.95. The van der Waals surface area contributed by atoms with Crippen LogP contribution in [0.25, 0.3) is 6.08 Å². The Hall–Kier alpha value is -1.95. The second-order valence-electron chi connectivity index (χ2n) is 8.98. The van der Waals surface area contributed by atoms with Gasteiger partial charge in [-0.05, 0) is 56.5 Å². The molecule has 1 heterocycles. The fraction of sp³-hybridized carbons (Fsp3) is 0.542. The monoisotopic (exact) mass is 400 g/mol. The zero-order valence-corrected chi connectivity index (χ0v) is 18.4. The summed E-state index contributed by atoms with van der Waals surface area (Å²) in [6.07, 6.45) is 5.98. The maximum absolute atomic E-state index is 12.2. The molecular weight excluding hydrogens is 368 g/mol. The molecule has 5 heteroatoms. The Morgan fingerprint density at radius 1 is 1.21 bits per heavy atom. The average molecular weight is 401 g/mol. The van der Waals surface area contributed by atoms with Gasteiger partial charge < -0.3 is 19.3 Å². The summed E-state index contributed by atoms with van der Waals surface area (Å²) < 4.78 is 17.2. The fourth-order valence-electron chi connectivity index (χ4n) is 4.55. The normalized spacial score (nSPS) is 33.9. The molecule has 0 bridgehead atoms. The lowest BCUT2D eigenvalue weighted by atomic mass is 9.63. The van der Waals surface area contributed by atoms with E-state index in [4.69, 9.17) is 14.2 Å². The second-order valence-corrected chi connectivity index (χ2v) is 8.98. The van der Waals surface area contributed by atoms with Crippen molar-refractivity contribution in [3.05, 3.63) is 52.6 Å². The Bertz CT molecular complexity index is 856. The van der Waals surface area contributed by atoms with Crippen LogP contribution in [0.1, 0.15) is 62.5 Å². The van der Waals surface area contributed by atoms with Crippen LogP contribution in [0.3, 0.4) is 0 Å². The zero-order valence-electron chi connectivity index (χ0n) is 18.4. The highest BCUT2D eigenvalue weighted by Gasteiger charge is 2.56. The number of benzene rings is 1. The van der Waals surface area contributed by atoms with E-state index >= 15 is 0 Å². The van der Waals surface area contributed by atoms with Gasteiger partial charge in [-0.3, -0.25) is 0 Å². The third kappa shape index (κ3) is 3.67. The Kier molecular flexibility index (Phi) is 5.54. The molecule has 158 valence electrons. The van der Waals surface area contributed by atoms with E-state index < -0.39 is 16.8 Å². The molecule has 3 unspecified atom stereocenters. The molecule has 1 aliphatic heterocycles. The van der Waals surface area contributed by atoms with Gasteiger partial charge in [0.2, 0.25) is 0 Å². The molecule has 1 fully saturated rings. The van der Waals surface area contributed by atoms with Crippen molar-refractivity contribution in [3.63, 3.8) is 0 Å². The summed E-state index contributed by atoms with van der Waals surface area (Å²) >= 11 is 0. The molecule has 1 spiro atoms. The molecule has 1 aromatic rings. The SMILES string of the molecule is COC(=O)c1c(C)cccc1C=CC1(O)C(C)=CC2(CC1(C)C)OC(C)C(C)O2. The predicted molar refractivity (Wildman–Crippen MR) is 112 cm³/mol. The molecule has 2 aliphatic rings. The van der Waals surface area contributed by atoms with Crippen LogP contribution >= 0.6 is 0 Å². The Morgan fingerprint density at radius 2 is 1.83 bits per heavy atom. The number of ether oxygens (including phenoxy) is 3. The van der Waals surface area contributed by atoms with Crippen LogP contribution in [0.15, 0.2) is 35.9 Å². The lowest BCUT2D eigenvalue weighted by Crippen LogP contribution is -2.53. The minimum Gasteiger partial charge on any atom is -0.465 e. The Labute approximate surface area is 173 Å². The van der Waals surface area contributed by atoms with E-state index in [1.165, 1.54) is 7.11 Å². The van der Waals surface area contributed by atoms with Gasteiger partial charge in [0.25, 0.3) is 0 Å². The molecule has 1 N–H and O–H groups in total. The molecule has 29 heavy (non-hydrogen) atoms. The fourth-order valence-corrected chi connectivity index (χ4v) is 4.55. The number of aliphatic hydroxyl groups is 1. The largest absolute Gasteiger partial charge is 0.465 e. The first-order valence-electron chi connectivity index (χ1n) is 10.1. The lowest BCUT2D eigenvalue weighted by Gasteiger charge is -2.49. The first-order chi connectivity index (χ1) is 13.4. The molecule has 0 amide bonds. The van der Waals surface area contributed by atoms with E-state index in [9.17, 15) is 9.90 Å². The molecule has 0 saturated carbocycles. The molecular formula is C24H32O5. The zero-order chi connectivity index (χ0) is 21.6. The van der Waals surface area contributed by atoms with Crippen molar-refractivity contribution in [1.82, 2.24) is 0 Å². The molecule has 3 rings (SSSR count). The van der Waals surface area contributed by atoms with E-state index in [1.54, 1.807) is 12.2 Å². The van der Waals surface area contributed by atoms with Crippen LogP contribution in [0.2, 0.25) is 0 Å². The predicted octanol–water partition coefficient (Wildman–Crippen LogP) is 4.42. The minimum atomic E-state index is -1.21. The topological polar surface area (TPSA) is 65.0 Å². The number of carbonyl (C=O) groups excluding carboxylic acids is 1. The number of esters is 1. The number of aryl methyl sites for hydroxylation is 1. The van der Waals surface area contributed by atoms with Crippen molar-refractivity contribution in [1.29, 1.82) is 0 Å². The van der Waals surface area contributed by atoms with Gasteiger partial charge in [-0.2, -0.15) is 0 Å². The van der Waals surface area contributed by atoms with Crippen LogP contribution in [0.5, 0.6) is 0 Å². The van der Waals surface area contributed by atoms with Gasteiger partial charge >= 0.3 is 5.97 Å². The van der Waals surface area contributed by atoms with Gasteiger partial charge in [-0.15, -0.1) is 0 Å². The maximum Gasteiger partial charge on any atom is 0.338 e. The van der Waals surface area contributed by atoms with E-state index in [-0.39, 0.29) is 18.2 Å². The quantitative estimate of drug-likeness (QED) is 0.601. The van der Waals surface area contributed by atoms with Gasteiger partial charge in [0, 0.05) is 11.8 Å². The van der Waals surface area contributed by atoms with E-state index in [0.29, 0.717) is 17.5 Å². The molecule has 3 atom stereocenters. The molecule has 1 aliphatic carbocycles. The van der Waals surface area contributed by atoms with Gasteiger partial charge in [0.1, 0.15) is 5.60 Å². The van der Waals surface area contributed by atoms with Crippen LogP contribution in [0.4, 0.5) is 0 Å². The third-order valence-corrected chi connectivity index (χ3v) is 6.39. The Morgan fingerprint density at radius 3 is 2.38 bits per heavy atom. The van der Waals surface area contributed by atoms with Crippen molar-refractivity contribution in [2.75, 3.05) is 7.11 Å². The molecule has 0 aromatic heterocycles. The van der Waals surface area contributed by atoms with Crippen molar-refractivity contribution in [3.8, 4) is 0 Å². The number of carbonyl (C=O) groups is 1. The van der Waals surface area contributed by atoms with E-state index in [0.717, 1.165) is 11.1 Å². The number of hydrogen-bond acceptors (Lipinski definition) is 5. The average Bonchev–Trinajstić information content (AvgIpc) is 2.90. The van der Waals surface area contributed by atoms with Crippen molar-refractivity contribution in [2.45, 2.75) is 71.6 Å². The van der Waals surface area contributed by atoms with Crippen LogP contribution in [-0.4, -0.2) is 41.8 Å². The molecule has 0 radical (unpaired) electrons. The number of methoxy groups -OCH3 is 1. The summed E-state index contributed by atoms with van der Waals surface area (Å²) in [6.45, 7) is 11.8. The van der Waals surface area contributed by atoms with E-state index in [2.05, 4.69) is 0 Å². The van der Waals surface area contributed by atoms with E-state index in [1.807, 2.05) is 65.8 Å². The van der Waals surface area contributed by atoms with Gasteiger partial charge in [0.05, 0.1) is 24.9 Å². The first-order valence-corrected chi connectivity index (χ1v) is 10.1. The van der Waals surface area contributed by atoms with Gasteiger partial charge in [0.15, 0.2) is 5.79 Å². The summed E-state index contributed by atoms with van der Waals surface area (Å²) in [5, 5.41) is 11.7. The summed E-state index contributed by atoms with van der Waals surface area (Å²) in [6, 6.07) is 5.61. The van der Waals surface area contributed by atoms with Crippen LogP contribution in [-0.2, 0) is 14.2 Å². The van der Waals surface area contributed by atoms with Crippen LogP contribution in [0, 0.1) is 12.3 Å². The third-order valence-electron chi connectivity index (χ3n) is 6.39. The molecule has 5 nitrogen and oxygen atoms in total. The minimum absolute atomic E-state index is 0.00788. The van der Waals surface area contributed by atoms with Gasteiger partial charge in [-0.25, -0.2) is 4.79 Å². The second kappa shape index (κ2) is 7.38. The summed E-state index contributed by atoms with van der Waals surface area (Å²) in [7, 11) is 1.37. The van der Waals surface area contributed by atoms with Gasteiger partial charge in [-0.1, -0.05) is 38.1 Å². The highest BCUT2D eigenvalue weighted by atomic mass is 16.8. The Balaban J connectivity index is 2.01.